The predicted molar refractivity (Wildman–Crippen MR) is 59.5 cm³/mol. The number of hydrazine groups is 1. The molecule has 0 aliphatic carbocycles. The molecule has 86 valence electrons. The Morgan fingerprint density at radius 1 is 1.47 bits per heavy atom. The van der Waals surface area contributed by atoms with E-state index in [0.717, 1.165) is 0 Å². The maximum Gasteiger partial charge on any atom is 0.243 e. The van der Waals surface area contributed by atoms with E-state index < -0.39 is 6.04 Å². The van der Waals surface area contributed by atoms with Gasteiger partial charge in [-0.1, -0.05) is 12.1 Å². The van der Waals surface area contributed by atoms with E-state index in [1.54, 1.807) is 24.3 Å². The molecule has 1 aromatic carbocycles. The molecule has 3 N–H and O–H groups in total. The van der Waals surface area contributed by atoms with Crippen molar-refractivity contribution >= 4 is 17.5 Å². The Kier molecular flexibility index (Phi) is 3.03. The van der Waals surface area contributed by atoms with Crippen LogP contribution in [-0.4, -0.2) is 17.9 Å². The number of hydrogen-bond acceptors (Lipinski definition) is 4. The number of para-hydroxylation sites is 1. The van der Waals surface area contributed by atoms with Crippen LogP contribution < -0.4 is 16.2 Å². The second-order valence-corrected chi connectivity index (χ2v) is 3.60. The van der Waals surface area contributed by atoms with E-state index in [-0.39, 0.29) is 18.2 Å². The minimum atomic E-state index is -0.603. The molecule has 1 aliphatic heterocycles. The van der Waals surface area contributed by atoms with Crippen molar-refractivity contribution in [3.8, 4) is 6.07 Å². The first-order valence-electron chi connectivity index (χ1n) is 5.05. The average molecular weight is 230 g/mol. The summed E-state index contributed by atoms with van der Waals surface area (Å²) in [5, 5.41) is 11.5. The third-order valence-corrected chi connectivity index (χ3v) is 2.40. The molecule has 2 rings (SSSR count). The van der Waals surface area contributed by atoms with Crippen molar-refractivity contribution in [3.05, 3.63) is 29.8 Å². The number of nitrogens with zero attached hydrogens (tertiary/aromatic N) is 1. The van der Waals surface area contributed by atoms with Gasteiger partial charge in [-0.25, -0.2) is 5.43 Å². The Labute approximate surface area is 97.6 Å². The molecular formula is C11H10N4O2. The zero-order valence-corrected chi connectivity index (χ0v) is 8.86. The van der Waals surface area contributed by atoms with Crippen LogP contribution in [0.15, 0.2) is 24.3 Å². The van der Waals surface area contributed by atoms with Gasteiger partial charge in [0.1, 0.15) is 12.1 Å². The molecule has 1 aromatic rings. The molecule has 1 atom stereocenters. The summed E-state index contributed by atoms with van der Waals surface area (Å²) >= 11 is 0. The van der Waals surface area contributed by atoms with Gasteiger partial charge in [0, 0.05) is 0 Å². The molecule has 0 aromatic heterocycles. The van der Waals surface area contributed by atoms with Crippen molar-refractivity contribution < 1.29 is 9.59 Å². The molecule has 1 heterocycles. The van der Waals surface area contributed by atoms with Crippen LogP contribution in [0.4, 0.5) is 5.69 Å². The highest BCUT2D eigenvalue weighted by Gasteiger charge is 2.27. The number of hydrogen-bond donors (Lipinski definition) is 3. The summed E-state index contributed by atoms with van der Waals surface area (Å²) in [4.78, 5) is 22.7. The number of nitrogens with one attached hydrogen (secondary N) is 3. The van der Waals surface area contributed by atoms with Gasteiger partial charge in [-0.15, -0.1) is 0 Å². The van der Waals surface area contributed by atoms with Gasteiger partial charge in [-0.3, -0.25) is 15.0 Å². The molecule has 1 unspecified atom stereocenters. The van der Waals surface area contributed by atoms with E-state index in [0.29, 0.717) is 11.3 Å². The van der Waals surface area contributed by atoms with Gasteiger partial charge < -0.3 is 5.32 Å². The van der Waals surface area contributed by atoms with Gasteiger partial charge >= 0.3 is 0 Å². The number of benzene rings is 1. The molecule has 1 fully saturated rings. The summed E-state index contributed by atoms with van der Waals surface area (Å²) in [5.74, 6) is -0.565. The molecule has 1 aliphatic rings. The lowest BCUT2D eigenvalue weighted by Crippen LogP contribution is -2.39. The van der Waals surface area contributed by atoms with E-state index >= 15 is 0 Å². The first kappa shape index (κ1) is 11.1. The summed E-state index contributed by atoms with van der Waals surface area (Å²) in [5.41, 5.74) is 5.75. The fourth-order valence-electron chi connectivity index (χ4n) is 1.52. The third kappa shape index (κ3) is 2.41. The molecule has 6 heteroatoms. The monoisotopic (exact) mass is 230 g/mol. The van der Waals surface area contributed by atoms with Gasteiger partial charge in [-0.2, -0.15) is 5.26 Å². The molecule has 0 spiro atoms. The van der Waals surface area contributed by atoms with Gasteiger partial charge in [-0.05, 0) is 12.1 Å². The number of carbonyl (C=O) groups excluding carboxylic acids is 2. The standard InChI is InChI=1S/C11H10N4O2/c12-6-7-3-1-2-4-8(7)13-11(17)9-5-10(16)15-14-9/h1-4,9,14H,5H2,(H,13,17)(H,15,16). The molecule has 0 radical (unpaired) electrons. The minimum Gasteiger partial charge on any atom is -0.323 e. The van der Waals surface area contributed by atoms with Crippen LogP contribution in [0.5, 0.6) is 0 Å². The van der Waals surface area contributed by atoms with Crippen molar-refractivity contribution in [3.63, 3.8) is 0 Å². The maximum absolute atomic E-state index is 11.8. The van der Waals surface area contributed by atoms with Crippen LogP contribution in [0.1, 0.15) is 12.0 Å². The van der Waals surface area contributed by atoms with Crippen LogP contribution in [0, 0.1) is 11.3 Å². The zero-order valence-electron chi connectivity index (χ0n) is 8.86. The smallest absolute Gasteiger partial charge is 0.243 e. The Bertz CT molecular complexity index is 506. The Hall–Kier alpha value is -2.39. The highest BCUT2D eigenvalue weighted by Crippen LogP contribution is 2.14. The lowest BCUT2D eigenvalue weighted by molar-refractivity contribution is -0.121. The molecule has 6 nitrogen and oxygen atoms in total. The van der Waals surface area contributed by atoms with Crippen LogP contribution in [0.2, 0.25) is 0 Å². The average Bonchev–Trinajstić information content (AvgIpc) is 2.77. The topological polar surface area (TPSA) is 94.0 Å². The van der Waals surface area contributed by atoms with E-state index in [1.165, 1.54) is 0 Å². The van der Waals surface area contributed by atoms with Crippen molar-refractivity contribution in [2.24, 2.45) is 0 Å². The third-order valence-electron chi connectivity index (χ3n) is 2.40. The predicted octanol–water partition coefficient (Wildman–Crippen LogP) is -0.110. The van der Waals surface area contributed by atoms with Crippen molar-refractivity contribution in [2.45, 2.75) is 12.5 Å². The molecule has 0 saturated carbocycles. The molecular weight excluding hydrogens is 220 g/mol. The van der Waals surface area contributed by atoms with Crippen molar-refractivity contribution in [1.29, 1.82) is 5.26 Å². The van der Waals surface area contributed by atoms with E-state index in [2.05, 4.69) is 16.2 Å². The number of nitriles is 1. The Morgan fingerprint density at radius 2 is 2.24 bits per heavy atom. The largest absolute Gasteiger partial charge is 0.323 e. The quantitative estimate of drug-likeness (QED) is 0.660. The van der Waals surface area contributed by atoms with Crippen LogP contribution >= 0.6 is 0 Å². The van der Waals surface area contributed by atoms with Crippen molar-refractivity contribution in [1.82, 2.24) is 10.9 Å². The maximum atomic E-state index is 11.8. The van der Waals surface area contributed by atoms with Crippen LogP contribution in [-0.2, 0) is 9.59 Å². The number of carbonyl (C=O) groups is 2. The van der Waals surface area contributed by atoms with Crippen LogP contribution in [0.25, 0.3) is 0 Å². The molecule has 2 amide bonds. The summed E-state index contributed by atoms with van der Waals surface area (Å²) in [6.07, 6.45) is 0.0978. The minimum absolute atomic E-state index is 0.0978. The van der Waals surface area contributed by atoms with E-state index in [1.807, 2.05) is 6.07 Å². The lowest BCUT2D eigenvalue weighted by Gasteiger charge is -2.10. The highest BCUT2D eigenvalue weighted by molar-refractivity contribution is 5.99. The zero-order chi connectivity index (χ0) is 12.3. The lowest BCUT2D eigenvalue weighted by atomic mass is 10.1. The Morgan fingerprint density at radius 3 is 2.88 bits per heavy atom. The number of amides is 2. The highest BCUT2D eigenvalue weighted by atomic mass is 16.2. The SMILES string of the molecule is N#Cc1ccccc1NC(=O)C1CC(=O)NN1. The van der Waals surface area contributed by atoms with E-state index in [9.17, 15) is 9.59 Å². The molecule has 0 bridgehead atoms. The van der Waals surface area contributed by atoms with Gasteiger partial charge in [0.25, 0.3) is 0 Å². The normalized spacial score (nSPS) is 18.3. The number of rotatable bonds is 2. The molecule has 17 heavy (non-hydrogen) atoms. The summed E-state index contributed by atoms with van der Waals surface area (Å²) in [6.45, 7) is 0. The fraction of sp³-hybridized carbons (Fsp3) is 0.182. The first-order valence-corrected chi connectivity index (χ1v) is 5.05. The Balaban J connectivity index is 2.08. The summed E-state index contributed by atoms with van der Waals surface area (Å²) < 4.78 is 0. The first-order chi connectivity index (χ1) is 8.20. The summed E-state index contributed by atoms with van der Waals surface area (Å²) in [6, 6.07) is 8.07. The number of anilines is 1. The van der Waals surface area contributed by atoms with Gasteiger partial charge in [0.2, 0.25) is 11.8 Å². The second-order valence-electron chi connectivity index (χ2n) is 3.60. The van der Waals surface area contributed by atoms with Gasteiger partial charge in [0.05, 0.1) is 17.7 Å². The summed E-state index contributed by atoms with van der Waals surface area (Å²) in [7, 11) is 0. The van der Waals surface area contributed by atoms with Gasteiger partial charge in [0.15, 0.2) is 0 Å². The fourth-order valence-corrected chi connectivity index (χ4v) is 1.52. The van der Waals surface area contributed by atoms with Crippen LogP contribution in [0.3, 0.4) is 0 Å². The molecule has 1 saturated heterocycles. The second kappa shape index (κ2) is 4.63. The van der Waals surface area contributed by atoms with E-state index in [4.69, 9.17) is 5.26 Å². The van der Waals surface area contributed by atoms with Crippen molar-refractivity contribution in [2.75, 3.05) is 5.32 Å².